The number of hydrogen-bond donors (Lipinski definition) is 0. The van der Waals surface area contributed by atoms with Crippen LogP contribution in [0.5, 0.6) is 0 Å². The molecule has 0 saturated heterocycles. The van der Waals surface area contributed by atoms with Crippen LogP contribution in [0.1, 0.15) is 10.4 Å². The van der Waals surface area contributed by atoms with Gasteiger partial charge in [0.15, 0.2) is 11.2 Å². The highest BCUT2D eigenvalue weighted by Crippen LogP contribution is 2.17. The third kappa shape index (κ3) is 2.33. The Bertz CT molecular complexity index is 612. The molecule has 0 N–H and O–H groups in total. The van der Waals surface area contributed by atoms with Crippen molar-refractivity contribution in [3.8, 4) is 0 Å². The van der Waals surface area contributed by atoms with Crippen molar-refractivity contribution >= 4 is 34.1 Å². The van der Waals surface area contributed by atoms with Crippen LogP contribution in [0, 0.1) is 0 Å². The van der Waals surface area contributed by atoms with E-state index in [0.29, 0.717) is 5.56 Å². The SMILES string of the molecule is COC(=O)C(Cl)C(=O)c1ccc2cnccc2c1. The Morgan fingerprint density at radius 3 is 2.78 bits per heavy atom. The van der Waals surface area contributed by atoms with Crippen molar-refractivity contribution in [2.75, 3.05) is 7.11 Å². The van der Waals surface area contributed by atoms with E-state index in [1.165, 1.54) is 7.11 Å². The number of halogens is 1. The van der Waals surface area contributed by atoms with Crippen molar-refractivity contribution in [1.82, 2.24) is 4.98 Å². The standard InChI is InChI=1S/C13H10ClNO3/c1-18-13(17)11(14)12(16)9-2-3-10-7-15-5-4-8(10)6-9/h2-7,11H,1H3. The molecule has 0 aliphatic heterocycles. The molecule has 5 heteroatoms. The number of pyridine rings is 1. The average molecular weight is 264 g/mol. The number of nitrogens with zero attached hydrogens (tertiary/aromatic N) is 1. The van der Waals surface area contributed by atoms with E-state index in [1.54, 1.807) is 36.7 Å². The smallest absolute Gasteiger partial charge is 0.331 e. The van der Waals surface area contributed by atoms with Crippen LogP contribution in [0.25, 0.3) is 10.8 Å². The number of ketones is 1. The van der Waals surface area contributed by atoms with Crippen molar-refractivity contribution in [3.63, 3.8) is 0 Å². The molecule has 0 bridgehead atoms. The van der Waals surface area contributed by atoms with Crippen molar-refractivity contribution in [1.29, 1.82) is 0 Å². The van der Waals surface area contributed by atoms with Crippen molar-refractivity contribution in [2.45, 2.75) is 5.38 Å². The number of benzene rings is 1. The van der Waals surface area contributed by atoms with Gasteiger partial charge in [-0.2, -0.15) is 0 Å². The van der Waals surface area contributed by atoms with E-state index in [0.717, 1.165) is 10.8 Å². The lowest BCUT2D eigenvalue weighted by Gasteiger charge is -2.07. The number of esters is 1. The molecule has 0 amide bonds. The van der Waals surface area contributed by atoms with Gasteiger partial charge in [-0.1, -0.05) is 12.1 Å². The van der Waals surface area contributed by atoms with Gasteiger partial charge in [-0.25, -0.2) is 4.79 Å². The van der Waals surface area contributed by atoms with Gasteiger partial charge in [0, 0.05) is 23.3 Å². The lowest BCUT2D eigenvalue weighted by atomic mass is 10.0. The summed E-state index contributed by atoms with van der Waals surface area (Å²) < 4.78 is 4.44. The first-order valence-corrected chi connectivity index (χ1v) is 5.67. The van der Waals surface area contributed by atoms with Crippen molar-refractivity contribution < 1.29 is 14.3 Å². The molecule has 1 aromatic carbocycles. The number of aromatic nitrogens is 1. The number of ether oxygens (including phenoxy) is 1. The molecular formula is C13H10ClNO3. The molecule has 4 nitrogen and oxygen atoms in total. The number of alkyl halides is 1. The Labute approximate surface area is 109 Å². The number of hydrogen-bond acceptors (Lipinski definition) is 4. The average Bonchev–Trinajstić information content (AvgIpc) is 2.44. The fourth-order valence-electron chi connectivity index (χ4n) is 1.59. The number of rotatable bonds is 3. The second kappa shape index (κ2) is 5.14. The summed E-state index contributed by atoms with van der Waals surface area (Å²) in [5, 5.41) is 0.470. The molecule has 1 unspecified atom stereocenters. The monoisotopic (exact) mass is 263 g/mol. The van der Waals surface area contributed by atoms with E-state index >= 15 is 0 Å². The molecule has 0 spiro atoms. The Hall–Kier alpha value is -1.94. The number of methoxy groups -OCH3 is 1. The molecular weight excluding hydrogens is 254 g/mol. The van der Waals surface area contributed by atoms with Crippen LogP contribution >= 0.6 is 11.6 Å². The summed E-state index contributed by atoms with van der Waals surface area (Å²) in [5.41, 5.74) is 0.374. The summed E-state index contributed by atoms with van der Waals surface area (Å²) in [5.74, 6) is -1.22. The highest BCUT2D eigenvalue weighted by atomic mass is 35.5. The first kappa shape index (κ1) is 12.5. The second-order valence-electron chi connectivity index (χ2n) is 3.69. The Balaban J connectivity index is 2.36. The molecule has 0 radical (unpaired) electrons. The van der Waals surface area contributed by atoms with Gasteiger partial charge < -0.3 is 4.74 Å². The van der Waals surface area contributed by atoms with E-state index in [2.05, 4.69) is 9.72 Å². The van der Waals surface area contributed by atoms with E-state index in [-0.39, 0.29) is 0 Å². The Kier molecular flexibility index (Phi) is 3.58. The highest BCUT2D eigenvalue weighted by molar-refractivity contribution is 6.43. The molecule has 18 heavy (non-hydrogen) atoms. The van der Waals surface area contributed by atoms with Gasteiger partial charge in [0.25, 0.3) is 0 Å². The summed E-state index contributed by atoms with van der Waals surface area (Å²) in [6.07, 6.45) is 3.33. The Morgan fingerprint density at radius 2 is 2.06 bits per heavy atom. The zero-order valence-electron chi connectivity index (χ0n) is 9.59. The molecule has 1 aromatic heterocycles. The van der Waals surface area contributed by atoms with Gasteiger partial charge >= 0.3 is 5.97 Å². The minimum atomic E-state index is -1.31. The minimum absolute atomic E-state index is 0.374. The van der Waals surface area contributed by atoms with Crippen LogP contribution in [0.3, 0.4) is 0 Å². The van der Waals surface area contributed by atoms with Crippen LogP contribution in [0.15, 0.2) is 36.7 Å². The zero-order chi connectivity index (χ0) is 13.1. The first-order chi connectivity index (χ1) is 8.63. The van der Waals surface area contributed by atoms with E-state index < -0.39 is 17.1 Å². The number of carbonyl (C=O) groups is 2. The normalized spacial score (nSPS) is 12.1. The molecule has 1 atom stereocenters. The predicted octanol–water partition coefficient (Wildman–Crippen LogP) is 2.20. The third-order valence-corrected chi connectivity index (χ3v) is 2.94. The molecule has 0 aliphatic rings. The van der Waals surface area contributed by atoms with Gasteiger partial charge in [-0.05, 0) is 17.5 Å². The molecule has 92 valence electrons. The first-order valence-electron chi connectivity index (χ1n) is 5.23. The van der Waals surface area contributed by atoms with Crippen molar-refractivity contribution in [2.24, 2.45) is 0 Å². The topological polar surface area (TPSA) is 56.3 Å². The largest absolute Gasteiger partial charge is 0.468 e. The van der Waals surface area contributed by atoms with E-state index in [9.17, 15) is 9.59 Å². The van der Waals surface area contributed by atoms with E-state index in [4.69, 9.17) is 11.6 Å². The van der Waals surface area contributed by atoms with Crippen LogP contribution in [0.4, 0.5) is 0 Å². The molecule has 0 aliphatic carbocycles. The molecule has 2 rings (SSSR count). The highest BCUT2D eigenvalue weighted by Gasteiger charge is 2.25. The summed E-state index contributed by atoms with van der Waals surface area (Å²) in [6.45, 7) is 0. The summed E-state index contributed by atoms with van der Waals surface area (Å²) in [4.78, 5) is 27.1. The molecule has 0 saturated carbocycles. The maximum atomic E-state index is 11.9. The maximum Gasteiger partial charge on any atom is 0.331 e. The predicted molar refractivity (Wildman–Crippen MR) is 67.7 cm³/mol. The summed E-state index contributed by atoms with van der Waals surface area (Å²) in [7, 11) is 1.19. The van der Waals surface area contributed by atoms with Gasteiger partial charge in [0.2, 0.25) is 0 Å². The van der Waals surface area contributed by atoms with Gasteiger partial charge in [0.1, 0.15) is 0 Å². The van der Waals surface area contributed by atoms with Gasteiger partial charge in [0.05, 0.1) is 7.11 Å². The van der Waals surface area contributed by atoms with Gasteiger partial charge in [-0.3, -0.25) is 9.78 Å². The Morgan fingerprint density at radius 1 is 1.28 bits per heavy atom. The fraction of sp³-hybridized carbons (Fsp3) is 0.154. The second-order valence-corrected chi connectivity index (χ2v) is 4.12. The lowest BCUT2D eigenvalue weighted by molar-refractivity contribution is -0.139. The van der Waals surface area contributed by atoms with Crippen LogP contribution in [-0.4, -0.2) is 29.2 Å². The molecule has 0 fully saturated rings. The molecule has 1 heterocycles. The maximum absolute atomic E-state index is 11.9. The van der Waals surface area contributed by atoms with Crippen LogP contribution < -0.4 is 0 Å². The van der Waals surface area contributed by atoms with Crippen molar-refractivity contribution in [3.05, 3.63) is 42.2 Å². The fourth-order valence-corrected chi connectivity index (χ4v) is 1.81. The van der Waals surface area contributed by atoms with Crippen LogP contribution in [-0.2, 0) is 9.53 Å². The number of carbonyl (C=O) groups excluding carboxylic acids is 2. The van der Waals surface area contributed by atoms with E-state index in [1.807, 2.05) is 0 Å². The molecule has 2 aromatic rings. The summed E-state index contributed by atoms with van der Waals surface area (Å²) in [6, 6.07) is 6.84. The number of Topliss-reactive ketones (excluding diaryl/α,β-unsaturated/α-hetero) is 1. The summed E-state index contributed by atoms with van der Waals surface area (Å²) >= 11 is 5.73. The van der Waals surface area contributed by atoms with Gasteiger partial charge in [-0.15, -0.1) is 11.6 Å². The minimum Gasteiger partial charge on any atom is -0.468 e. The third-order valence-electron chi connectivity index (χ3n) is 2.56. The zero-order valence-corrected chi connectivity index (χ0v) is 10.3. The quantitative estimate of drug-likeness (QED) is 0.369. The van der Waals surface area contributed by atoms with Crippen LogP contribution in [0.2, 0.25) is 0 Å². The lowest BCUT2D eigenvalue weighted by Crippen LogP contribution is -2.25. The number of fused-ring (bicyclic) bond motifs is 1.